The van der Waals surface area contributed by atoms with Crippen molar-refractivity contribution in [3.8, 4) is 22.3 Å². The lowest BCUT2D eigenvalue weighted by Crippen LogP contribution is -2.29. The zero-order valence-corrected chi connectivity index (χ0v) is 36.8. The van der Waals surface area contributed by atoms with E-state index in [4.69, 9.17) is 4.42 Å². The summed E-state index contributed by atoms with van der Waals surface area (Å²) in [6, 6.07) is 79.0. The van der Waals surface area contributed by atoms with Crippen LogP contribution in [0.5, 0.6) is 0 Å². The Morgan fingerprint density at radius 3 is 1.98 bits per heavy atom. The summed E-state index contributed by atoms with van der Waals surface area (Å²) in [4.78, 5) is 2.51. The van der Waals surface area contributed by atoms with Gasteiger partial charge in [0.05, 0.1) is 11.1 Å². The fourth-order valence-corrected chi connectivity index (χ4v) is 13.2. The normalized spacial score (nSPS) is 15.7. The monoisotopic (exact) mass is 847 g/mol. The molecule has 14 rings (SSSR count). The third-order valence-corrected chi connectivity index (χ3v) is 15.9. The molecule has 0 fully saturated rings. The fourth-order valence-electron chi connectivity index (χ4n) is 11.9. The van der Waals surface area contributed by atoms with Gasteiger partial charge in [-0.05, 0) is 97.7 Å². The zero-order valence-electron chi connectivity index (χ0n) is 36.0. The molecule has 0 spiro atoms. The van der Waals surface area contributed by atoms with E-state index in [1.54, 1.807) is 0 Å². The molecule has 65 heavy (non-hydrogen) atoms. The Balaban J connectivity index is 1.08. The highest BCUT2D eigenvalue weighted by molar-refractivity contribution is 7.26. The van der Waals surface area contributed by atoms with Crippen molar-refractivity contribution in [2.45, 2.75) is 24.7 Å². The number of hydrogen-bond acceptors (Lipinski definition) is 3. The summed E-state index contributed by atoms with van der Waals surface area (Å²) in [5, 5.41) is 7.40. The second-order valence-electron chi connectivity index (χ2n) is 18.3. The number of thiophene rings is 1. The molecule has 2 aliphatic rings. The summed E-state index contributed by atoms with van der Waals surface area (Å²) in [6.45, 7) is 4.79. The van der Waals surface area contributed by atoms with Crippen LogP contribution in [0, 0.1) is 0 Å². The van der Waals surface area contributed by atoms with Crippen molar-refractivity contribution in [3.63, 3.8) is 0 Å². The van der Waals surface area contributed by atoms with Gasteiger partial charge in [-0.25, -0.2) is 0 Å². The number of fused-ring (bicyclic) bond motifs is 15. The smallest absolute Gasteiger partial charge is 0.137 e. The summed E-state index contributed by atoms with van der Waals surface area (Å²) in [5.41, 5.74) is 17.3. The average Bonchev–Trinajstić information content (AvgIpc) is 4.08. The minimum atomic E-state index is -0.585. The Hall–Kier alpha value is -7.72. The van der Waals surface area contributed by atoms with Crippen molar-refractivity contribution >= 4 is 81.3 Å². The molecule has 0 saturated carbocycles. The van der Waals surface area contributed by atoms with Crippen LogP contribution in [0.4, 0.5) is 17.1 Å². The van der Waals surface area contributed by atoms with Crippen molar-refractivity contribution in [1.29, 1.82) is 0 Å². The third-order valence-electron chi connectivity index (χ3n) is 14.7. The largest absolute Gasteiger partial charge is 0.456 e. The van der Waals surface area contributed by atoms with Crippen LogP contribution >= 0.6 is 11.3 Å². The molecule has 2 aliphatic carbocycles. The van der Waals surface area contributed by atoms with Crippen molar-refractivity contribution < 1.29 is 4.42 Å². The first-order valence-electron chi connectivity index (χ1n) is 22.6. The number of nitrogens with zero attached hydrogens (tertiary/aromatic N) is 1. The van der Waals surface area contributed by atoms with Gasteiger partial charge in [-0.3, -0.25) is 0 Å². The van der Waals surface area contributed by atoms with E-state index in [1.165, 1.54) is 86.6 Å². The molecule has 3 heteroatoms. The molecule has 2 heterocycles. The second kappa shape index (κ2) is 13.4. The molecule has 0 aliphatic heterocycles. The van der Waals surface area contributed by atoms with Crippen molar-refractivity contribution in [2.24, 2.45) is 0 Å². The fraction of sp³-hybridized carbons (Fsp3) is 0.0645. The quantitative estimate of drug-likeness (QED) is 0.172. The van der Waals surface area contributed by atoms with Gasteiger partial charge >= 0.3 is 0 Å². The first-order chi connectivity index (χ1) is 32.0. The number of para-hydroxylation sites is 1. The number of hydrogen-bond donors (Lipinski definition) is 0. The van der Waals surface area contributed by atoms with Crippen molar-refractivity contribution in [1.82, 2.24) is 0 Å². The molecule has 0 N–H and O–H groups in total. The molecule has 2 nitrogen and oxygen atoms in total. The predicted octanol–water partition coefficient (Wildman–Crippen LogP) is 17.2. The van der Waals surface area contributed by atoms with Crippen LogP contribution in [-0.2, 0) is 10.8 Å². The third kappa shape index (κ3) is 4.94. The molecule has 0 amide bonds. The van der Waals surface area contributed by atoms with Gasteiger partial charge in [0.2, 0.25) is 0 Å². The number of furan rings is 1. The van der Waals surface area contributed by atoms with Crippen molar-refractivity contribution in [2.75, 3.05) is 4.90 Å². The molecule has 0 saturated heterocycles. The van der Waals surface area contributed by atoms with Gasteiger partial charge in [0, 0.05) is 64.9 Å². The molecule has 12 aromatic rings. The van der Waals surface area contributed by atoms with Crippen LogP contribution in [0.2, 0.25) is 0 Å². The van der Waals surface area contributed by atoms with Gasteiger partial charge in [-0.1, -0.05) is 178 Å². The van der Waals surface area contributed by atoms with Crippen LogP contribution < -0.4 is 4.90 Å². The van der Waals surface area contributed by atoms with E-state index in [0.29, 0.717) is 0 Å². The van der Waals surface area contributed by atoms with Gasteiger partial charge in [0.25, 0.3) is 0 Å². The topological polar surface area (TPSA) is 16.4 Å². The summed E-state index contributed by atoms with van der Waals surface area (Å²) in [6.07, 6.45) is 0. The minimum Gasteiger partial charge on any atom is -0.456 e. The maximum atomic E-state index is 6.66. The summed E-state index contributed by atoms with van der Waals surface area (Å²) < 4.78 is 9.32. The second-order valence-corrected chi connectivity index (χ2v) is 19.4. The van der Waals surface area contributed by atoms with Gasteiger partial charge < -0.3 is 9.32 Å². The Labute approximate surface area is 381 Å². The highest BCUT2D eigenvalue weighted by Crippen LogP contribution is 2.60. The van der Waals surface area contributed by atoms with Gasteiger partial charge in [0.1, 0.15) is 11.2 Å². The van der Waals surface area contributed by atoms with E-state index in [1.807, 2.05) is 11.3 Å². The van der Waals surface area contributed by atoms with Crippen molar-refractivity contribution in [3.05, 3.63) is 246 Å². The number of rotatable bonds is 5. The lowest BCUT2D eigenvalue weighted by atomic mass is 9.67. The Kier molecular flexibility index (Phi) is 7.57. The molecule has 10 aromatic carbocycles. The van der Waals surface area contributed by atoms with E-state index in [2.05, 4.69) is 231 Å². The van der Waals surface area contributed by atoms with E-state index in [9.17, 15) is 0 Å². The average molecular weight is 848 g/mol. The highest BCUT2D eigenvalue weighted by atomic mass is 32.1. The predicted molar refractivity (Wildman–Crippen MR) is 274 cm³/mol. The van der Waals surface area contributed by atoms with E-state index in [-0.39, 0.29) is 5.41 Å². The molecular formula is C62H41NOS. The summed E-state index contributed by atoms with van der Waals surface area (Å²) in [5.74, 6) is 0. The molecule has 1 atom stereocenters. The van der Waals surface area contributed by atoms with Gasteiger partial charge in [-0.15, -0.1) is 11.3 Å². The maximum absolute atomic E-state index is 6.66. The standard InChI is InChI=1S/C62H41NOS/c1-61(2)50-26-15-27-53(58(50)59-51(61)35-33-47-46-23-10-13-29-56(46)65-60(47)59)63(42-31-32-45-44-22-9-12-28-54(44)64-55(45)37-42)41-20-14-19-40(36-41)62(39-17-4-3-5-18-39)49-25-11-8-24-48(49)57-43-21-7-6-16-38(43)30-34-52(57)62/h3-37H,1-2H3. The van der Waals surface area contributed by atoms with Crippen LogP contribution in [0.1, 0.15) is 47.2 Å². The van der Waals surface area contributed by atoms with Crippen LogP contribution in [-0.4, -0.2) is 0 Å². The Bertz CT molecular complexity index is 3950. The van der Waals surface area contributed by atoms with Gasteiger partial charge in [-0.2, -0.15) is 0 Å². The number of anilines is 3. The molecule has 1 unspecified atom stereocenters. The molecule has 0 bridgehead atoms. The SMILES string of the molecule is CC1(C)c2cccc(N(c3cccc(C4(c5ccccc5)c5ccccc5-c5c4ccc4ccccc54)c3)c3ccc4c(c3)oc3ccccc34)c2-c2c1ccc1c2sc2ccccc21. The van der Waals surface area contributed by atoms with Gasteiger partial charge in [0.15, 0.2) is 0 Å². The molecule has 2 aromatic heterocycles. The van der Waals surface area contributed by atoms with E-state index in [0.717, 1.165) is 39.0 Å². The van der Waals surface area contributed by atoms with Crippen LogP contribution in [0.15, 0.2) is 217 Å². The summed E-state index contributed by atoms with van der Waals surface area (Å²) in [7, 11) is 0. The molecular weight excluding hydrogens is 807 g/mol. The van der Waals surface area contributed by atoms with Crippen LogP contribution in [0.25, 0.3) is 75.1 Å². The molecule has 306 valence electrons. The first-order valence-corrected chi connectivity index (χ1v) is 23.4. The highest BCUT2D eigenvalue weighted by Gasteiger charge is 2.47. The number of benzene rings is 10. The Morgan fingerprint density at radius 1 is 0.415 bits per heavy atom. The zero-order chi connectivity index (χ0) is 43.0. The Morgan fingerprint density at radius 2 is 1.08 bits per heavy atom. The lowest BCUT2D eigenvalue weighted by Gasteiger charge is -2.35. The van der Waals surface area contributed by atoms with Crippen LogP contribution in [0.3, 0.4) is 0 Å². The molecule has 0 radical (unpaired) electrons. The van der Waals surface area contributed by atoms with E-state index < -0.39 is 5.41 Å². The summed E-state index contributed by atoms with van der Waals surface area (Å²) >= 11 is 1.92. The lowest BCUT2D eigenvalue weighted by molar-refractivity contribution is 0.661. The first kappa shape index (κ1) is 36.7. The maximum Gasteiger partial charge on any atom is 0.137 e. The minimum absolute atomic E-state index is 0.210. The van der Waals surface area contributed by atoms with E-state index >= 15 is 0 Å².